The number of urea groups is 1. The summed E-state index contributed by atoms with van der Waals surface area (Å²) in [7, 11) is 0. The predicted octanol–water partition coefficient (Wildman–Crippen LogP) is 2.77. The number of nitrogens with two attached hydrogens (primary N) is 1. The fraction of sp³-hybridized carbons (Fsp3) is 0.882. The van der Waals surface area contributed by atoms with Crippen LogP contribution in [0, 0.1) is 11.8 Å². The molecular weight excluding hydrogens is 351 g/mol. The maximum Gasteiger partial charge on any atom is 0.490 e. The van der Waals surface area contributed by atoms with Gasteiger partial charge in [0.2, 0.25) is 0 Å². The molecule has 150 valence electrons. The van der Waals surface area contributed by atoms with Gasteiger partial charge in [-0.2, -0.15) is 13.2 Å². The van der Waals surface area contributed by atoms with Crippen molar-refractivity contribution in [2.75, 3.05) is 0 Å². The Morgan fingerprint density at radius 1 is 1.08 bits per heavy atom. The Morgan fingerprint density at radius 3 is 1.88 bits per heavy atom. The lowest BCUT2D eigenvalue weighted by Gasteiger charge is -2.61. The van der Waals surface area contributed by atoms with Crippen molar-refractivity contribution in [1.29, 1.82) is 0 Å². The highest BCUT2D eigenvalue weighted by molar-refractivity contribution is 5.75. The molecule has 0 aromatic heterocycles. The number of nitrogens with one attached hydrogen (secondary N) is 2. The van der Waals surface area contributed by atoms with Gasteiger partial charge in [0.15, 0.2) is 0 Å². The van der Waals surface area contributed by atoms with Crippen molar-refractivity contribution in [3.63, 3.8) is 0 Å². The molecule has 6 nitrogen and oxygen atoms in total. The van der Waals surface area contributed by atoms with Gasteiger partial charge >= 0.3 is 18.2 Å². The van der Waals surface area contributed by atoms with Crippen LogP contribution in [0.3, 0.4) is 0 Å². The van der Waals surface area contributed by atoms with Crippen molar-refractivity contribution < 1.29 is 27.9 Å². The van der Waals surface area contributed by atoms with Crippen LogP contribution in [0.15, 0.2) is 0 Å². The number of aliphatic carboxylic acids is 1. The fourth-order valence-corrected chi connectivity index (χ4v) is 5.09. The molecule has 0 heterocycles. The van der Waals surface area contributed by atoms with Gasteiger partial charge in [-0.05, 0) is 71.1 Å². The Labute approximate surface area is 151 Å². The topological polar surface area (TPSA) is 104 Å². The van der Waals surface area contributed by atoms with Gasteiger partial charge in [0.1, 0.15) is 0 Å². The number of hydrogen-bond donors (Lipinski definition) is 4. The molecule has 4 saturated carbocycles. The SMILES string of the molecule is CC(C)(C)NC(=O)NC12CC3CC(CC(N)(C3)C1)C2.O=C(O)C(F)(F)F. The van der Waals surface area contributed by atoms with Crippen LogP contribution in [-0.2, 0) is 4.79 Å². The van der Waals surface area contributed by atoms with Gasteiger partial charge in [0.05, 0.1) is 0 Å². The number of alkyl halides is 3. The van der Waals surface area contributed by atoms with Crippen LogP contribution in [-0.4, -0.2) is 39.9 Å². The van der Waals surface area contributed by atoms with Crippen molar-refractivity contribution in [1.82, 2.24) is 10.6 Å². The van der Waals surface area contributed by atoms with E-state index in [1.54, 1.807) is 0 Å². The average molecular weight is 379 g/mol. The summed E-state index contributed by atoms with van der Waals surface area (Å²) in [5, 5.41) is 13.4. The highest BCUT2D eigenvalue weighted by Crippen LogP contribution is 2.56. The predicted molar refractivity (Wildman–Crippen MR) is 89.4 cm³/mol. The number of hydrogen-bond acceptors (Lipinski definition) is 3. The highest BCUT2D eigenvalue weighted by atomic mass is 19.4. The zero-order valence-electron chi connectivity index (χ0n) is 15.4. The van der Waals surface area contributed by atoms with E-state index in [0.717, 1.165) is 43.9 Å². The highest BCUT2D eigenvalue weighted by Gasteiger charge is 2.56. The maximum absolute atomic E-state index is 12.2. The minimum Gasteiger partial charge on any atom is -0.475 e. The van der Waals surface area contributed by atoms with Crippen LogP contribution in [0.4, 0.5) is 18.0 Å². The van der Waals surface area contributed by atoms with Gasteiger partial charge in [-0.3, -0.25) is 0 Å². The Balaban J connectivity index is 0.000000298. The second-order valence-electron chi connectivity index (χ2n) is 9.24. The van der Waals surface area contributed by atoms with E-state index in [9.17, 15) is 18.0 Å². The normalized spacial score (nSPS) is 35.3. The zero-order valence-corrected chi connectivity index (χ0v) is 15.4. The van der Waals surface area contributed by atoms with Crippen molar-refractivity contribution in [2.45, 2.75) is 82.1 Å². The molecule has 4 fully saturated rings. The van der Waals surface area contributed by atoms with Gasteiger partial charge in [0.25, 0.3) is 0 Å². The molecule has 26 heavy (non-hydrogen) atoms. The number of carboxylic acid groups (broad SMARTS) is 1. The van der Waals surface area contributed by atoms with E-state index in [-0.39, 0.29) is 22.6 Å². The smallest absolute Gasteiger partial charge is 0.475 e. The summed E-state index contributed by atoms with van der Waals surface area (Å²) in [5.74, 6) is -1.31. The number of carboxylic acids is 1. The van der Waals surface area contributed by atoms with Crippen LogP contribution in [0.2, 0.25) is 0 Å². The molecule has 5 N–H and O–H groups in total. The third-order valence-electron chi connectivity index (χ3n) is 5.22. The molecule has 0 aliphatic heterocycles. The lowest BCUT2D eigenvalue weighted by Crippen LogP contribution is -2.69. The molecule has 2 unspecified atom stereocenters. The summed E-state index contributed by atoms with van der Waals surface area (Å²) in [6.07, 6.45) is 1.77. The summed E-state index contributed by atoms with van der Waals surface area (Å²) in [6.45, 7) is 6.03. The van der Waals surface area contributed by atoms with Crippen molar-refractivity contribution in [2.24, 2.45) is 17.6 Å². The standard InChI is InChI=1S/C15H27N3O.C2HF3O2/c1-13(2,3)17-12(19)18-15-7-10-4-11(8-15)6-14(16,5-10)9-15;3-2(4,5)1(6)7/h10-11H,4-9,16H2,1-3H3,(H2,17,18,19);(H,6,7). The molecule has 4 bridgehead atoms. The molecule has 0 spiro atoms. The van der Waals surface area contributed by atoms with Crippen molar-refractivity contribution >= 4 is 12.0 Å². The fourth-order valence-electron chi connectivity index (χ4n) is 5.09. The van der Waals surface area contributed by atoms with Gasteiger partial charge in [-0.25, -0.2) is 9.59 Å². The number of halogens is 3. The van der Waals surface area contributed by atoms with Crippen LogP contribution in [0.1, 0.15) is 59.3 Å². The van der Waals surface area contributed by atoms with Crippen molar-refractivity contribution in [3.05, 3.63) is 0 Å². The molecule has 4 aliphatic rings. The number of carbonyl (C=O) groups excluding carboxylic acids is 1. The Kier molecular flexibility index (Phi) is 5.26. The lowest BCUT2D eigenvalue weighted by atomic mass is 9.50. The molecule has 0 aromatic carbocycles. The maximum atomic E-state index is 12.2. The summed E-state index contributed by atoms with van der Waals surface area (Å²) in [4.78, 5) is 21.1. The van der Waals surface area contributed by atoms with E-state index in [4.69, 9.17) is 15.6 Å². The third-order valence-corrected chi connectivity index (χ3v) is 5.22. The Bertz CT molecular complexity index is 558. The largest absolute Gasteiger partial charge is 0.490 e. The molecule has 9 heteroatoms. The summed E-state index contributed by atoms with van der Waals surface area (Å²) >= 11 is 0. The number of rotatable bonds is 1. The molecule has 4 rings (SSSR count). The Morgan fingerprint density at radius 2 is 1.54 bits per heavy atom. The molecule has 0 aromatic rings. The summed E-state index contributed by atoms with van der Waals surface area (Å²) in [5.41, 5.74) is 6.30. The molecule has 2 amide bonds. The summed E-state index contributed by atoms with van der Waals surface area (Å²) in [6, 6.07) is -0.0296. The molecule has 4 aliphatic carbocycles. The van der Waals surface area contributed by atoms with E-state index in [0.29, 0.717) is 0 Å². The van der Waals surface area contributed by atoms with Crippen LogP contribution >= 0.6 is 0 Å². The second kappa shape index (κ2) is 6.58. The van der Waals surface area contributed by atoms with Crippen LogP contribution in [0.5, 0.6) is 0 Å². The molecule has 2 atom stereocenters. The quantitative estimate of drug-likeness (QED) is 0.562. The average Bonchev–Trinajstić information content (AvgIpc) is 2.30. The zero-order chi connectivity index (χ0) is 20.0. The van der Waals surface area contributed by atoms with Crippen LogP contribution < -0.4 is 16.4 Å². The molecule has 0 radical (unpaired) electrons. The van der Waals surface area contributed by atoms with Crippen molar-refractivity contribution in [3.8, 4) is 0 Å². The number of amides is 2. The lowest BCUT2D eigenvalue weighted by molar-refractivity contribution is -0.192. The first-order valence-corrected chi connectivity index (χ1v) is 8.81. The van der Waals surface area contributed by atoms with E-state index < -0.39 is 12.1 Å². The van der Waals surface area contributed by atoms with Gasteiger partial charge in [-0.1, -0.05) is 0 Å². The number of carbonyl (C=O) groups is 2. The van der Waals surface area contributed by atoms with E-state index in [1.165, 1.54) is 6.42 Å². The monoisotopic (exact) mass is 379 g/mol. The summed E-state index contributed by atoms with van der Waals surface area (Å²) < 4.78 is 31.7. The molecular formula is C17H28F3N3O3. The molecule has 0 saturated heterocycles. The van der Waals surface area contributed by atoms with E-state index in [2.05, 4.69) is 10.6 Å². The van der Waals surface area contributed by atoms with Crippen LogP contribution in [0.25, 0.3) is 0 Å². The van der Waals surface area contributed by atoms with E-state index >= 15 is 0 Å². The first kappa shape index (κ1) is 20.8. The second-order valence-corrected chi connectivity index (χ2v) is 9.24. The minimum atomic E-state index is -5.08. The Hall–Kier alpha value is -1.51. The van der Waals surface area contributed by atoms with Gasteiger partial charge in [0, 0.05) is 16.6 Å². The van der Waals surface area contributed by atoms with Gasteiger partial charge < -0.3 is 21.5 Å². The third kappa shape index (κ3) is 5.25. The van der Waals surface area contributed by atoms with Gasteiger partial charge in [-0.15, -0.1) is 0 Å². The first-order chi connectivity index (χ1) is 11.6. The van der Waals surface area contributed by atoms with E-state index in [1.807, 2.05) is 20.8 Å². The first-order valence-electron chi connectivity index (χ1n) is 8.81. The minimum absolute atomic E-state index is 0.0148.